The van der Waals surface area contributed by atoms with Gasteiger partial charge >= 0.3 is 0 Å². The molecule has 1 atom stereocenters. The maximum atomic E-state index is 12.4. The van der Waals surface area contributed by atoms with E-state index in [2.05, 4.69) is 38.6 Å². The third kappa shape index (κ3) is 5.42. The molecule has 0 radical (unpaired) electrons. The molecule has 1 aromatic heterocycles. The zero-order valence-electron chi connectivity index (χ0n) is 17.0. The maximum Gasteiger partial charge on any atom is 0.220 e. The fraction of sp³-hybridized carbons (Fsp3) is 0.333. The van der Waals surface area contributed by atoms with Crippen LogP contribution in [-0.2, 0) is 11.2 Å². The van der Waals surface area contributed by atoms with Gasteiger partial charge in [0.1, 0.15) is 0 Å². The second kappa shape index (κ2) is 9.81. The van der Waals surface area contributed by atoms with Gasteiger partial charge in [-0.1, -0.05) is 54.1 Å². The van der Waals surface area contributed by atoms with Crippen molar-refractivity contribution < 1.29 is 4.79 Å². The lowest BCUT2D eigenvalue weighted by molar-refractivity contribution is -0.121. The highest BCUT2D eigenvalue weighted by atomic mass is 35.5. The molecule has 1 fully saturated rings. The first-order valence-corrected chi connectivity index (χ1v) is 10.9. The fourth-order valence-corrected chi connectivity index (χ4v) is 4.08. The molecule has 4 rings (SSSR count). The van der Waals surface area contributed by atoms with Crippen molar-refractivity contribution in [3.63, 3.8) is 0 Å². The number of benzene rings is 2. The molecule has 0 aliphatic carbocycles. The van der Waals surface area contributed by atoms with Gasteiger partial charge in [0.15, 0.2) is 5.82 Å². The number of nitrogens with zero attached hydrogens (tertiary/aromatic N) is 2. The predicted octanol–water partition coefficient (Wildman–Crippen LogP) is 4.84. The molecule has 6 heteroatoms. The zero-order chi connectivity index (χ0) is 20.8. The van der Waals surface area contributed by atoms with E-state index in [1.165, 1.54) is 5.56 Å². The number of carbonyl (C=O) groups is 1. The fourth-order valence-electron chi connectivity index (χ4n) is 3.95. The van der Waals surface area contributed by atoms with Crippen molar-refractivity contribution in [3.05, 3.63) is 71.2 Å². The first kappa shape index (κ1) is 20.5. The van der Waals surface area contributed by atoms with Crippen molar-refractivity contribution in [2.45, 2.75) is 38.1 Å². The summed E-state index contributed by atoms with van der Waals surface area (Å²) in [5.41, 5.74) is 3.30. The van der Waals surface area contributed by atoms with E-state index in [0.717, 1.165) is 60.9 Å². The molecule has 0 saturated carbocycles. The van der Waals surface area contributed by atoms with E-state index in [4.69, 9.17) is 11.6 Å². The van der Waals surface area contributed by atoms with Crippen LogP contribution in [0.2, 0.25) is 5.02 Å². The number of nitrogens with one attached hydrogen (secondary N) is 2. The Hall–Kier alpha value is -2.79. The number of aromatic nitrogens is 2. The molecule has 0 bridgehead atoms. The van der Waals surface area contributed by atoms with Crippen LogP contribution in [0, 0.1) is 0 Å². The lowest BCUT2D eigenvalue weighted by atomic mass is 10.0. The summed E-state index contributed by atoms with van der Waals surface area (Å²) in [6, 6.07) is 20.3. The second-order valence-corrected chi connectivity index (χ2v) is 8.27. The van der Waals surface area contributed by atoms with Gasteiger partial charge in [-0.3, -0.25) is 9.89 Å². The van der Waals surface area contributed by atoms with Crippen molar-refractivity contribution >= 4 is 23.3 Å². The Balaban J connectivity index is 1.28. The lowest BCUT2D eigenvalue weighted by Crippen LogP contribution is -2.48. The van der Waals surface area contributed by atoms with E-state index in [1.807, 2.05) is 42.5 Å². The Kier molecular flexibility index (Phi) is 6.70. The van der Waals surface area contributed by atoms with Crippen LogP contribution in [0.4, 0.5) is 5.82 Å². The van der Waals surface area contributed by atoms with Crippen LogP contribution in [0.1, 0.15) is 31.2 Å². The van der Waals surface area contributed by atoms with E-state index in [9.17, 15) is 4.79 Å². The van der Waals surface area contributed by atoms with Gasteiger partial charge in [0.05, 0.1) is 5.69 Å². The van der Waals surface area contributed by atoms with Gasteiger partial charge < -0.3 is 10.2 Å². The number of halogens is 1. The Morgan fingerprint density at radius 1 is 1.17 bits per heavy atom. The Labute approximate surface area is 182 Å². The summed E-state index contributed by atoms with van der Waals surface area (Å²) in [6.45, 7) is 1.74. The molecule has 0 spiro atoms. The number of rotatable bonds is 7. The summed E-state index contributed by atoms with van der Waals surface area (Å²) >= 11 is 5.98. The normalized spacial score (nSPS) is 16.4. The van der Waals surface area contributed by atoms with Crippen LogP contribution in [0.5, 0.6) is 0 Å². The van der Waals surface area contributed by atoms with Crippen LogP contribution >= 0.6 is 11.6 Å². The molecule has 1 unspecified atom stereocenters. The zero-order valence-corrected chi connectivity index (χ0v) is 17.7. The average molecular weight is 423 g/mol. The molecule has 3 aromatic rings. The first-order valence-electron chi connectivity index (χ1n) is 10.6. The molecule has 1 aliphatic rings. The van der Waals surface area contributed by atoms with E-state index in [0.29, 0.717) is 6.42 Å². The molecule has 156 valence electrons. The van der Waals surface area contributed by atoms with Gasteiger partial charge in [-0.2, -0.15) is 5.10 Å². The quantitative estimate of drug-likeness (QED) is 0.572. The van der Waals surface area contributed by atoms with Gasteiger partial charge in [0.25, 0.3) is 0 Å². The van der Waals surface area contributed by atoms with Gasteiger partial charge in [-0.05, 0) is 48.9 Å². The largest absolute Gasteiger partial charge is 0.353 e. The second-order valence-electron chi connectivity index (χ2n) is 7.84. The standard InChI is InChI=1S/C24H27ClN4O/c25-20-13-11-19(12-14-20)22-16-23(28-27-22)29-15-5-9-21(17-29)26-24(30)10-4-8-18-6-2-1-3-7-18/h1-3,6-7,11-14,16,21H,4-5,8-10,15,17H2,(H,26,30)(H,27,28). The van der Waals surface area contributed by atoms with Crippen molar-refractivity contribution in [2.75, 3.05) is 18.0 Å². The smallest absolute Gasteiger partial charge is 0.220 e. The van der Waals surface area contributed by atoms with Gasteiger partial charge in [0.2, 0.25) is 5.91 Å². The SMILES string of the molecule is O=C(CCCc1ccccc1)NC1CCCN(c2cc(-c3ccc(Cl)cc3)[nH]n2)C1. The van der Waals surface area contributed by atoms with E-state index < -0.39 is 0 Å². The van der Waals surface area contributed by atoms with Gasteiger partial charge in [0, 0.05) is 36.6 Å². The van der Waals surface area contributed by atoms with E-state index >= 15 is 0 Å². The lowest BCUT2D eigenvalue weighted by Gasteiger charge is -2.33. The number of H-pyrrole nitrogens is 1. The number of aryl methyl sites for hydroxylation is 1. The van der Waals surface area contributed by atoms with Crippen LogP contribution < -0.4 is 10.2 Å². The molecule has 2 heterocycles. The van der Waals surface area contributed by atoms with Crippen LogP contribution in [0.15, 0.2) is 60.7 Å². The summed E-state index contributed by atoms with van der Waals surface area (Å²) in [5, 5.41) is 11.5. The van der Waals surface area contributed by atoms with E-state index in [-0.39, 0.29) is 11.9 Å². The maximum absolute atomic E-state index is 12.4. The third-order valence-electron chi connectivity index (χ3n) is 5.54. The minimum absolute atomic E-state index is 0.140. The molecule has 2 aromatic carbocycles. The van der Waals surface area contributed by atoms with Crippen molar-refractivity contribution in [3.8, 4) is 11.3 Å². The van der Waals surface area contributed by atoms with Gasteiger partial charge in [-0.15, -0.1) is 0 Å². The highest BCUT2D eigenvalue weighted by Crippen LogP contribution is 2.25. The third-order valence-corrected chi connectivity index (χ3v) is 5.79. The van der Waals surface area contributed by atoms with Gasteiger partial charge in [-0.25, -0.2) is 0 Å². The van der Waals surface area contributed by atoms with Crippen molar-refractivity contribution in [1.82, 2.24) is 15.5 Å². The van der Waals surface area contributed by atoms with Crippen LogP contribution in [0.3, 0.4) is 0 Å². The molecule has 1 amide bonds. The minimum atomic E-state index is 0.140. The monoisotopic (exact) mass is 422 g/mol. The number of amides is 1. The summed E-state index contributed by atoms with van der Waals surface area (Å²) in [6.07, 6.45) is 4.42. The molecule has 30 heavy (non-hydrogen) atoms. The predicted molar refractivity (Wildman–Crippen MR) is 122 cm³/mol. The van der Waals surface area contributed by atoms with Crippen molar-refractivity contribution in [2.24, 2.45) is 0 Å². The number of hydrogen-bond acceptors (Lipinski definition) is 3. The highest BCUT2D eigenvalue weighted by molar-refractivity contribution is 6.30. The molecule has 2 N–H and O–H groups in total. The van der Waals surface area contributed by atoms with Crippen molar-refractivity contribution in [1.29, 1.82) is 0 Å². The minimum Gasteiger partial charge on any atom is -0.353 e. The van der Waals surface area contributed by atoms with Crippen LogP contribution in [0.25, 0.3) is 11.3 Å². The number of piperidine rings is 1. The molecule has 1 saturated heterocycles. The topological polar surface area (TPSA) is 61.0 Å². The average Bonchev–Trinajstić information content (AvgIpc) is 3.26. The summed E-state index contributed by atoms with van der Waals surface area (Å²) in [5.74, 6) is 1.06. The number of anilines is 1. The molecular weight excluding hydrogens is 396 g/mol. The van der Waals surface area contributed by atoms with Crippen LogP contribution in [-0.4, -0.2) is 35.2 Å². The number of carbonyl (C=O) groups excluding carboxylic acids is 1. The number of aromatic amines is 1. The summed E-state index contributed by atoms with van der Waals surface area (Å²) < 4.78 is 0. The number of hydrogen-bond donors (Lipinski definition) is 2. The first-order chi connectivity index (χ1) is 14.7. The Bertz CT molecular complexity index is 955. The Morgan fingerprint density at radius 2 is 1.97 bits per heavy atom. The molecular formula is C24H27ClN4O. The summed E-state index contributed by atoms with van der Waals surface area (Å²) in [4.78, 5) is 14.6. The molecule has 5 nitrogen and oxygen atoms in total. The highest BCUT2D eigenvalue weighted by Gasteiger charge is 2.23. The molecule has 1 aliphatic heterocycles. The van der Waals surface area contributed by atoms with E-state index in [1.54, 1.807) is 0 Å². The summed E-state index contributed by atoms with van der Waals surface area (Å²) in [7, 11) is 0. The Morgan fingerprint density at radius 3 is 2.77 bits per heavy atom.